The van der Waals surface area contributed by atoms with E-state index in [0.717, 1.165) is 6.42 Å². The zero-order chi connectivity index (χ0) is 10.4. The minimum Gasteiger partial charge on any atom is -0.297 e. The van der Waals surface area contributed by atoms with Crippen molar-refractivity contribution in [3.8, 4) is 12.3 Å². The Bertz CT molecular complexity index is 297. The lowest BCUT2D eigenvalue weighted by Crippen LogP contribution is -2.29. The molecule has 0 bridgehead atoms. The van der Waals surface area contributed by atoms with E-state index < -0.39 is 0 Å². The van der Waals surface area contributed by atoms with Crippen LogP contribution in [0.5, 0.6) is 0 Å². The van der Waals surface area contributed by atoms with Gasteiger partial charge in [0, 0.05) is 6.04 Å². The molecular weight excluding hydrogens is 170 g/mol. The summed E-state index contributed by atoms with van der Waals surface area (Å²) in [6.45, 7) is 4.23. The number of benzene rings is 1. The van der Waals surface area contributed by atoms with Gasteiger partial charge in [-0.1, -0.05) is 43.2 Å². The van der Waals surface area contributed by atoms with Crippen molar-refractivity contribution in [2.75, 3.05) is 0 Å². The van der Waals surface area contributed by atoms with E-state index in [-0.39, 0.29) is 6.04 Å². The highest BCUT2D eigenvalue weighted by Crippen LogP contribution is 2.12. The summed E-state index contributed by atoms with van der Waals surface area (Å²) in [6, 6.07) is 10.8. The van der Waals surface area contributed by atoms with Gasteiger partial charge in [0.2, 0.25) is 0 Å². The Morgan fingerprint density at radius 2 is 2.00 bits per heavy atom. The lowest BCUT2D eigenvalue weighted by atomic mass is 10.1. The molecule has 0 aromatic heterocycles. The minimum absolute atomic E-state index is 0.171. The third-order valence-corrected chi connectivity index (χ3v) is 2.36. The van der Waals surface area contributed by atoms with Crippen molar-refractivity contribution in [1.82, 2.24) is 5.32 Å². The fraction of sp³-hybridized carbons (Fsp3) is 0.385. The highest BCUT2D eigenvalue weighted by Gasteiger charge is 2.08. The van der Waals surface area contributed by atoms with E-state index in [4.69, 9.17) is 6.42 Å². The van der Waals surface area contributed by atoms with Gasteiger partial charge >= 0.3 is 0 Å². The van der Waals surface area contributed by atoms with Gasteiger partial charge < -0.3 is 0 Å². The summed E-state index contributed by atoms with van der Waals surface area (Å²) in [7, 11) is 0. The van der Waals surface area contributed by atoms with E-state index in [1.54, 1.807) is 0 Å². The number of hydrogen-bond donors (Lipinski definition) is 1. The Hall–Kier alpha value is -1.26. The second-order valence-electron chi connectivity index (χ2n) is 3.43. The Labute approximate surface area is 86.5 Å². The fourth-order valence-corrected chi connectivity index (χ4v) is 1.42. The van der Waals surface area contributed by atoms with Crippen molar-refractivity contribution in [3.63, 3.8) is 0 Å². The van der Waals surface area contributed by atoms with Crippen LogP contribution in [-0.2, 0) is 0 Å². The lowest BCUT2D eigenvalue weighted by molar-refractivity contribution is 0.512. The van der Waals surface area contributed by atoms with Crippen LogP contribution < -0.4 is 5.32 Å². The van der Waals surface area contributed by atoms with Gasteiger partial charge in [-0.15, -0.1) is 6.42 Å². The van der Waals surface area contributed by atoms with Gasteiger partial charge in [-0.25, -0.2) is 0 Å². The number of terminal acetylenes is 1. The minimum atomic E-state index is 0.171. The first-order chi connectivity index (χ1) is 6.77. The molecule has 0 aliphatic heterocycles. The van der Waals surface area contributed by atoms with E-state index >= 15 is 0 Å². The van der Waals surface area contributed by atoms with Gasteiger partial charge in [-0.2, -0.15) is 0 Å². The van der Waals surface area contributed by atoms with E-state index in [2.05, 4.69) is 37.2 Å². The Kier molecular flexibility index (Phi) is 4.22. The molecule has 1 aromatic rings. The molecule has 1 aromatic carbocycles. The third-order valence-electron chi connectivity index (χ3n) is 2.36. The average Bonchev–Trinajstić information content (AvgIpc) is 2.26. The molecule has 0 saturated heterocycles. The van der Waals surface area contributed by atoms with Crippen molar-refractivity contribution in [2.24, 2.45) is 0 Å². The van der Waals surface area contributed by atoms with Crippen molar-refractivity contribution in [3.05, 3.63) is 35.9 Å². The summed E-state index contributed by atoms with van der Waals surface area (Å²) in [6.07, 6.45) is 6.36. The van der Waals surface area contributed by atoms with Crippen LogP contribution in [0.4, 0.5) is 0 Å². The molecule has 1 N–H and O–H groups in total. The molecule has 1 nitrogen and oxygen atoms in total. The average molecular weight is 187 g/mol. The molecule has 0 spiro atoms. The Morgan fingerprint density at radius 1 is 1.36 bits per heavy atom. The molecule has 14 heavy (non-hydrogen) atoms. The van der Waals surface area contributed by atoms with Gasteiger partial charge in [-0.3, -0.25) is 5.32 Å². The van der Waals surface area contributed by atoms with Crippen LogP contribution in [0.1, 0.15) is 31.9 Å². The van der Waals surface area contributed by atoms with Gasteiger partial charge in [0.15, 0.2) is 0 Å². The van der Waals surface area contributed by atoms with Crippen LogP contribution in [0, 0.1) is 12.3 Å². The maximum absolute atomic E-state index is 5.40. The molecule has 74 valence electrons. The first-order valence-corrected chi connectivity index (χ1v) is 5.05. The normalized spacial score (nSPS) is 14.4. The van der Waals surface area contributed by atoms with Gasteiger partial charge in [-0.05, 0) is 18.9 Å². The number of hydrogen-bond acceptors (Lipinski definition) is 1. The predicted octanol–water partition coefficient (Wildman–Crippen LogP) is 2.75. The molecule has 0 radical (unpaired) electrons. The number of rotatable bonds is 4. The molecule has 0 saturated carbocycles. The molecule has 1 heteroatoms. The molecule has 0 fully saturated rings. The zero-order valence-electron chi connectivity index (χ0n) is 8.83. The Balaban J connectivity index is 2.59. The van der Waals surface area contributed by atoms with E-state index in [9.17, 15) is 0 Å². The molecular formula is C13H17N. The summed E-state index contributed by atoms with van der Waals surface area (Å²) in [5, 5.41) is 3.40. The summed E-state index contributed by atoms with van der Waals surface area (Å²) in [5.41, 5.74) is 1.28. The first-order valence-electron chi connectivity index (χ1n) is 5.05. The van der Waals surface area contributed by atoms with E-state index in [1.807, 2.05) is 18.2 Å². The van der Waals surface area contributed by atoms with Gasteiger partial charge in [0.05, 0.1) is 6.04 Å². The van der Waals surface area contributed by atoms with Crippen molar-refractivity contribution in [1.29, 1.82) is 0 Å². The van der Waals surface area contributed by atoms with E-state index in [1.165, 1.54) is 5.56 Å². The monoisotopic (exact) mass is 187 g/mol. The maximum atomic E-state index is 5.40. The van der Waals surface area contributed by atoms with Crippen LogP contribution in [0.3, 0.4) is 0 Å². The summed E-state index contributed by atoms with van der Waals surface area (Å²) in [5.74, 6) is 2.74. The molecule has 1 rings (SSSR count). The van der Waals surface area contributed by atoms with Crippen molar-refractivity contribution < 1.29 is 0 Å². The summed E-state index contributed by atoms with van der Waals surface area (Å²) >= 11 is 0. The summed E-state index contributed by atoms with van der Waals surface area (Å²) < 4.78 is 0. The molecule has 2 unspecified atom stereocenters. The number of nitrogens with one attached hydrogen (secondary N) is 1. The van der Waals surface area contributed by atoms with Crippen LogP contribution in [0.15, 0.2) is 30.3 Å². The largest absolute Gasteiger partial charge is 0.297 e. The van der Waals surface area contributed by atoms with Gasteiger partial charge in [0.25, 0.3) is 0 Å². The van der Waals surface area contributed by atoms with Crippen molar-refractivity contribution >= 4 is 0 Å². The smallest absolute Gasteiger partial charge is 0.0688 e. The van der Waals surface area contributed by atoms with Crippen LogP contribution in [0.25, 0.3) is 0 Å². The maximum Gasteiger partial charge on any atom is 0.0688 e. The van der Waals surface area contributed by atoms with Gasteiger partial charge in [0.1, 0.15) is 0 Å². The van der Waals surface area contributed by atoms with Crippen molar-refractivity contribution in [2.45, 2.75) is 32.4 Å². The molecule has 0 aliphatic rings. The molecule has 2 atom stereocenters. The second-order valence-corrected chi connectivity index (χ2v) is 3.43. The highest BCUT2D eigenvalue weighted by molar-refractivity contribution is 5.18. The quantitative estimate of drug-likeness (QED) is 0.715. The lowest BCUT2D eigenvalue weighted by Gasteiger charge is -2.18. The molecule has 0 heterocycles. The highest BCUT2D eigenvalue weighted by atomic mass is 14.9. The second kappa shape index (κ2) is 5.47. The fourth-order valence-electron chi connectivity index (χ4n) is 1.42. The SMILES string of the molecule is C#CC(CC)NC(C)c1ccccc1. The zero-order valence-corrected chi connectivity index (χ0v) is 8.83. The van der Waals surface area contributed by atoms with Crippen LogP contribution >= 0.6 is 0 Å². The summed E-state index contributed by atoms with van der Waals surface area (Å²) in [4.78, 5) is 0. The third kappa shape index (κ3) is 2.90. The molecule has 0 amide bonds. The molecule has 0 aliphatic carbocycles. The predicted molar refractivity (Wildman–Crippen MR) is 60.9 cm³/mol. The van der Waals surface area contributed by atoms with Crippen LogP contribution in [-0.4, -0.2) is 6.04 Å². The topological polar surface area (TPSA) is 12.0 Å². The van der Waals surface area contributed by atoms with E-state index in [0.29, 0.717) is 6.04 Å². The van der Waals surface area contributed by atoms with Crippen LogP contribution in [0.2, 0.25) is 0 Å². The Morgan fingerprint density at radius 3 is 2.50 bits per heavy atom. The standard InChI is InChI=1S/C13H17N/c1-4-13(5-2)14-11(3)12-9-7-6-8-10-12/h1,6-11,13-14H,5H2,2-3H3. The first kappa shape index (κ1) is 10.8.